The second kappa shape index (κ2) is 4.72. The second-order valence-electron chi connectivity index (χ2n) is 3.96. The maximum Gasteiger partial charge on any atom is 0.259 e. The number of amides is 1. The van der Waals surface area contributed by atoms with E-state index >= 15 is 0 Å². The number of carbonyl (C=O) groups excluding carboxylic acids is 1. The number of rotatable bonds is 3. The Balaban J connectivity index is 2.10. The van der Waals surface area contributed by atoms with Gasteiger partial charge in [-0.1, -0.05) is 0 Å². The lowest BCUT2D eigenvalue weighted by Crippen LogP contribution is -2.30. The van der Waals surface area contributed by atoms with E-state index < -0.39 is 0 Å². The van der Waals surface area contributed by atoms with E-state index in [1.807, 2.05) is 0 Å². The van der Waals surface area contributed by atoms with E-state index in [0.29, 0.717) is 18.7 Å². The summed E-state index contributed by atoms with van der Waals surface area (Å²) in [5.41, 5.74) is 6.00. The van der Waals surface area contributed by atoms with Crippen molar-refractivity contribution in [2.24, 2.45) is 0 Å². The monoisotopic (exact) mass is 240 g/mol. The number of likely N-dealkylation sites (tertiary alicyclic amines) is 1. The highest BCUT2D eigenvalue weighted by molar-refractivity contribution is 5.98. The van der Waals surface area contributed by atoms with Crippen LogP contribution in [0.15, 0.2) is 6.20 Å². The zero-order valence-corrected chi connectivity index (χ0v) is 9.84. The Labute approximate surface area is 98.9 Å². The number of nitrogens with zero attached hydrogens (tertiary/aromatic N) is 2. The van der Waals surface area contributed by atoms with E-state index in [2.05, 4.69) is 10.2 Å². The van der Waals surface area contributed by atoms with Crippen molar-refractivity contribution in [3.05, 3.63) is 11.8 Å². The number of aromatic amines is 1. The Hall–Kier alpha value is -1.60. The lowest BCUT2D eigenvalue weighted by molar-refractivity contribution is -0.00461. The molecule has 2 atom stereocenters. The van der Waals surface area contributed by atoms with E-state index in [4.69, 9.17) is 15.2 Å². The molecule has 0 radical (unpaired) electrons. The van der Waals surface area contributed by atoms with Crippen molar-refractivity contribution in [3.63, 3.8) is 0 Å². The minimum Gasteiger partial charge on any atom is -0.383 e. The number of H-pyrrole nitrogens is 1. The number of nitrogens with one attached hydrogen (secondary N) is 1. The molecule has 2 unspecified atom stereocenters. The Morgan fingerprint density at radius 1 is 1.47 bits per heavy atom. The Morgan fingerprint density at radius 3 is 2.47 bits per heavy atom. The molecule has 1 fully saturated rings. The minimum absolute atomic E-state index is 0.0999. The third-order valence-electron chi connectivity index (χ3n) is 3.01. The normalized spacial score (nSPS) is 24.2. The van der Waals surface area contributed by atoms with E-state index in [1.165, 1.54) is 6.20 Å². The van der Waals surface area contributed by atoms with Crippen molar-refractivity contribution in [1.29, 1.82) is 0 Å². The first kappa shape index (κ1) is 11.9. The van der Waals surface area contributed by atoms with Crippen molar-refractivity contribution in [2.75, 3.05) is 33.0 Å². The molecule has 1 amide bonds. The fourth-order valence-corrected chi connectivity index (χ4v) is 2.00. The van der Waals surface area contributed by atoms with Gasteiger partial charge >= 0.3 is 0 Å². The van der Waals surface area contributed by atoms with Gasteiger partial charge in [-0.25, -0.2) is 0 Å². The van der Waals surface area contributed by atoms with Crippen LogP contribution in [-0.2, 0) is 9.47 Å². The molecule has 0 aromatic carbocycles. The summed E-state index contributed by atoms with van der Waals surface area (Å²) in [5.74, 6) is 0.127. The largest absolute Gasteiger partial charge is 0.383 e. The molecular formula is C10H16N4O3. The minimum atomic E-state index is -0.155. The zero-order chi connectivity index (χ0) is 12.4. The first-order valence-electron chi connectivity index (χ1n) is 5.31. The third-order valence-corrected chi connectivity index (χ3v) is 3.01. The summed E-state index contributed by atoms with van der Waals surface area (Å²) in [6, 6.07) is 0. The van der Waals surface area contributed by atoms with Gasteiger partial charge < -0.3 is 20.1 Å². The number of nitrogens with two attached hydrogens (primary N) is 1. The van der Waals surface area contributed by atoms with Gasteiger partial charge in [0.25, 0.3) is 5.91 Å². The van der Waals surface area contributed by atoms with Crippen LogP contribution < -0.4 is 5.73 Å². The van der Waals surface area contributed by atoms with Gasteiger partial charge in [-0.2, -0.15) is 5.10 Å². The molecule has 0 aliphatic carbocycles. The van der Waals surface area contributed by atoms with E-state index in [9.17, 15) is 4.79 Å². The smallest absolute Gasteiger partial charge is 0.259 e. The molecule has 2 rings (SSSR count). The molecule has 1 aliphatic heterocycles. The van der Waals surface area contributed by atoms with Gasteiger partial charge in [0.15, 0.2) is 0 Å². The van der Waals surface area contributed by atoms with Gasteiger partial charge in [0.1, 0.15) is 23.6 Å². The van der Waals surface area contributed by atoms with Gasteiger partial charge in [0.05, 0.1) is 6.20 Å². The van der Waals surface area contributed by atoms with Gasteiger partial charge in [0, 0.05) is 27.3 Å². The highest BCUT2D eigenvalue weighted by atomic mass is 16.5. The van der Waals surface area contributed by atoms with Crippen molar-refractivity contribution in [1.82, 2.24) is 15.1 Å². The molecular weight excluding hydrogens is 224 g/mol. The van der Waals surface area contributed by atoms with E-state index in [1.54, 1.807) is 19.1 Å². The number of methoxy groups -OCH3 is 2. The fourth-order valence-electron chi connectivity index (χ4n) is 2.00. The predicted octanol–water partition coefficient (Wildman–Crippen LogP) is -0.522. The molecule has 17 heavy (non-hydrogen) atoms. The van der Waals surface area contributed by atoms with Crippen molar-refractivity contribution >= 4 is 11.7 Å². The molecule has 7 nitrogen and oxygen atoms in total. The van der Waals surface area contributed by atoms with Crippen LogP contribution >= 0.6 is 0 Å². The van der Waals surface area contributed by atoms with Gasteiger partial charge in [0.2, 0.25) is 0 Å². The molecule has 1 saturated heterocycles. The average Bonchev–Trinajstić information content (AvgIpc) is 2.93. The number of ether oxygens (including phenoxy) is 2. The number of aromatic nitrogens is 2. The van der Waals surface area contributed by atoms with Gasteiger partial charge in [-0.15, -0.1) is 0 Å². The molecule has 1 aromatic rings. The van der Waals surface area contributed by atoms with E-state index in [-0.39, 0.29) is 23.9 Å². The standard InChI is InChI=1S/C10H16N4O3/c1-16-7-4-14(5-8(7)17-2)10(15)6-3-12-13-9(6)11/h3,7-8H,4-5H2,1-2H3,(H3,11,12,13). The molecule has 0 spiro atoms. The number of hydrogen-bond acceptors (Lipinski definition) is 5. The number of anilines is 1. The van der Waals surface area contributed by atoms with Crippen LogP contribution in [0.3, 0.4) is 0 Å². The highest BCUT2D eigenvalue weighted by Gasteiger charge is 2.36. The lowest BCUT2D eigenvalue weighted by atomic mass is 10.3. The molecule has 94 valence electrons. The molecule has 3 N–H and O–H groups in total. The zero-order valence-electron chi connectivity index (χ0n) is 9.84. The Bertz CT molecular complexity index is 394. The summed E-state index contributed by atoms with van der Waals surface area (Å²) >= 11 is 0. The van der Waals surface area contributed by atoms with Crippen LogP contribution in [0, 0.1) is 0 Å². The number of hydrogen-bond donors (Lipinski definition) is 2. The Morgan fingerprint density at radius 2 is 2.06 bits per heavy atom. The molecule has 1 aromatic heterocycles. The predicted molar refractivity (Wildman–Crippen MR) is 60.5 cm³/mol. The molecule has 7 heteroatoms. The second-order valence-corrected chi connectivity index (χ2v) is 3.96. The Kier molecular flexibility index (Phi) is 3.30. The summed E-state index contributed by atoms with van der Waals surface area (Å²) < 4.78 is 10.5. The first-order chi connectivity index (χ1) is 8.17. The SMILES string of the molecule is COC1CN(C(=O)c2cn[nH]c2N)CC1OC. The topological polar surface area (TPSA) is 93.5 Å². The van der Waals surface area contributed by atoms with Crippen molar-refractivity contribution in [2.45, 2.75) is 12.2 Å². The van der Waals surface area contributed by atoms with Gasteiger partial charge in [-0.3, -0.25) is 9.89 Å². The maximum atomic E-state index is 12.1. The summed E-state index contributed by atoms with van der Waals surface area (Å²) in [4.78, 5) is 13.8. The molecule has 2 heterocycles. The quantitative estimate of drug-likeness (QED) is 0.741. The molecule has 1 aliphatic rings. The van der Waals surface area contributed by atoms with Crippen molar-refractivity contribution in [3.8, 4) is 0 Å². The third kappa shape index (κ3) is 2.11. The van der Waals surface area contributed by atoms with Gasteiger partial charge in [-0.05, 0) is 0 Å². The highest BCUT2D eigenvalue weighted by Crippen LogP contribution is 2.19. The van der Waals surface area contributed by atoms with E-state index in [0.717, 1.165) is 0 Å². The number of carbonyl (C=O) groups is 1. The molecule has 0 bridgehead atoms. The average molecular weight is 240 g/mol. The summed E-state index contributed by atoms with van der Waals surface area (Å²) in [6.45, 7) is 0.997. The first-order valence-corrected chi connectivity index (χ1v) is 5.31. The fraction of sp³-hybridized carbons (Fsp3) is 0.600. The van der Waals surface area contributed by atoms with Crippen LogP contribution in [0.4, 0.5) is 5.82 Å². The lowest BCUT2D eigenvalue weighted by Gasteiger charge is -2.14. The summed E-state index contributed by atoms with van der Waals surface area (Å²) in [7, 11) is 3.22. The van der Waals surface area contributed by atoms with Crippen molar-refractivity contribution < 1.29 is 14.3 Å². The van der Waals surface area contributed by atoms with Crippen LogP contribution in [-0.4, -0.2) is 60.5 Å². The van der Waals surface area contributed by atoms with Crippen LogP contribution in [0.25, 0.3) is 0 Å². The van der Waals surface area contributed by atoms with Crippen LogP contribution in [0.1, 0.15) is 10.4 Å². The van der Waals surface area contributed by atoms with Crippen LogP contribution in [0.5, 0.6) is 0 Å². The summed E-state index contributed by atoms with van der Waals surface area (Å²) in [6.07, 6.45) is 1.23. The van der Waals surface area contributed by atoms with Crippen LogP contribution in [0.2, 0.25) is 0 Å². The molecule has 0 saturated carbocycles. The maximum absolute atomic E-state index is 12.1. The number of nitrogen functional groups attached to an aromatic ring is 1. The summed E-state index contributed by atoms with van der Waals surface area (Å²) in [5, 5.41) is 6.27.